The summed E-state index contributed by atoms with van der Waals surface area (Å²) in [5, 5.41) is 3.66. The number of morpholine rings is 1. The van der Waals surface area contributed by atoms with Crippen molar-refractivity contribution >= 4 is 23.2 Å². The number of rotatable bonds is 5. The normalized spacial score (nSPS) is 26.7. The van der Waals surface area contributed by atoms with Gasteiger partial charge in [-0.3, -0.25) is 14.6 Å². The summed E-state index contributed by atoms with van der Waals surface area (Å²) >= 11 is 5.90. The van der Waals surface area contributed by atoms with E-state index in [4.69, 9.17) is 16.3 Å². The standard InChI is InChI=1S/C21H32ClN3O2/c1-15-12-24(13-16(2)27-15)14-18-8-10-25(11-9-18)17(3)21(26)23-20-6-4-19(22)5-7-20/h4-7,15-18H,8-14H2,1-3H3,(H,23,26). The quantitative estimate of drug-likeness (QED) is 0.831. The minimum atomic E-state index is -0.120. The second-order valence-electron chi connectivity index (χ2n) is 8.13. The number of ether oxygens (including phenoxy) is 1. The molecule has 5 nitrogen and oxygen atoms in total. The Morgan fingerprint density at radius 1 is 1.19 bits per heavy atom. The van der Waals surface area contributed by atoms with Crippen molar-refractivity contribution in [2.45, 2.75) is 51.9 Å². The number of hydrogen-bond donors (Lipinski definition) is 1. The van der Waals surface area contributed by atoms with Gasteiger partial charge in [-0.15, -0.1) is 0 Å². The number of halogens is 1. The fourth-order valence-electron chi connectivity index (χ4n) is 4.27. The van der Waals surface area contributed by atoms with E-state index in [9.17, 15) is 4.79 Å². The van der Waals surface area contributed by atoms with Crippen molar-refractivity contribution in [3.8, 4) is 0 Å². The maximum atomic E-state index is 12.6. The van der Waals surface area contributed by atoms with Crippen LogP contribution in [-0.4, -0.2) is 66.7 Å². The molecule has 1 N–H and O–H groups in total. The van der Waals surface area contributed by atoms with Crippen molar-refractivity contribution < 1.29 is 9.53 Å². The van der Waals surface area contributed by atoms with Crippen molar-refractivity contribution in [2.24, 2.45) is 5.92 Å². The van der Waals surface area contributed by atoms with Crippen LogP contribution in [0.4, 0.5) is 5.69 Å². The summed E-state index contributed by atoms with van der Waals surface area (Å²) in [5.41, 5.74) is 0.793. The molecule has 1 amide bonds. The summed E-state index contributed by atoms with van der Waals surface area (Å²) < 4.78 is 5.83. The molecule has 1 aromatic rings. The van der Waals surface area contributed by atoms with Gasteiger partial charge in [-0.2, -0.15) is 0 Å². The summed E-state index contributed by atoms with van der Waals surface area (Å²) in [5.74, 6) is 0.761. The molecular formula is C21H32ClN3O2. The van der Waals surface area contributed by atoms with Crippen LogP contribution in [0.2, 0.25) is 5.02 Å². The topological polar surface area (TPSA) is 44.8 Å². The number of hydrogen-bond acceptors (Lipinski definition) is 4. The molecule has 27 heavy (non-hydrogen) atoms. The van der Waals surface area contributed by atoms with Gasteiger partial charge >= 0.3 is 0 Å². The van der Waals surface area contributed by atoms with E-state index >= 15 is 0 Å². The van der Waals surface area contributed by atoms with Gasteiger partial charge in [0.2, 0.25) is 5.91 Å². The number of nitrogens with one attached hydrogen (secondary N) is 1. The van der Waals surface area contributed by atoms with Crippen molar-refractivity contribution in [2.75, 3.05) is 38.0 Å². The Balaban J connectivity index is 1.44. The number of likely N-dealkylation sites (tertiary alicyclic amines) is 1. The molecule has 2 saturated heterocycles. The van der Waals surface area contributed by atoms with E-state index < -0.39 is 0 Å². The van der Waals surface area contributed by atoms with Crippen molar-refractivity contribution in [3.63, 3.8) is 0 Å². The highest BCUT2D eigenvalue weighted by Gasteiger charge is 2.29. The second-order valence-corrected chi connectivity index (χ2v) is 8.56. The minimum Gasteiger partial charge on any atom is -0.373 e. The third kappa shape index (κ3) is 5.92. The van der Waals surface area contributed by atoms with Gasteiger partial charge in [-0.25, -0.2) is 0 Å². The van der Waals surface area contributed by atoms with Crippen LogP contribution in [0.3, 0.4) is 0 Å². The van der Waals surface area contributed by atoms with Crippen LogP contribution in [-0.2, 0) is 9.53 Å². The molecule has 1 aromatic carbocycles. The first kappa shape index (κ1) is 20.6. The lowest BCUT2D eigenvalue weighted by molar-refractivity contribution is -0.121. The molecule has 2 heterocycles. The molecule has 0 aromatic heterocycles. The first-order valence-corrected chi connectivity index (χ1v) is 10.5. The van der Waals surface area contributed by atoms with E-state index in [1.54, 1.807) is 12.1 Å². The van der Waals surface area contributed by atoms with Gasteiger partial charge in [0.1, 0.15) is 0 Å². The zero-order valence-electron chi connectivity index (χ0n) is 16.7. The fraction of sp³-hybridized carbons (Fsp3) is 0.667. The van der Waals surface area contributed by atoms with Gasteiger partial charge in [-0.1, -0.05) is 11.6 Å². The van der Waals surface area contributed by atoms with Gasteiger partial charge in [0, 0.05) is 30.3 Å². The second kappa shape index (κ2) is 9.37. The molecule has 150 valence electrons. The summed E-state index contributed by atoms with van der Waals surface area (Å²) in [6.07, 6.45) is 2.95. The van der Waals surface area contributed by atoms with Gasteiger partial charge in [-0.05, 0) is 76.9 Å². The number of anilines is 1. The van der Waals surface area contributed by atoms with Crippen LogP contribution in [0.5, 0.6) is 0 Å². The zero-order valence-corrected chi connectivity index (χ0v) is 17.4. The molecule has 2 aliphatic heterocycles. The first-order chi connectivity index (χ1) is 12.9. The lowest BCUT2D eigenvalue weighted by Crippen LogP contribution is -2.50. The van der Waals surface area contributed by atoms with E-state index in [2.05, 4.69) is 29.0 Å². The highest BCUT2D eigenvalue weighted by Crippen LogP contribution is 2.23. The van der Waals surface area contributed by atoms with Crippen molar-refractivity contribution in [1.82, 2.24) is 9.80 Å². The Morgan fingerprint density at radius 3 is 2.37 bits per heavy atom. The fourth-order valence-corrected chi connectivity index (χ4v) is 4.39. The first-order valence-electron chi connectivity index (χ1n) is 10.1. The predicted octanol–water partition coefficient (Wildman–Crippen LogP) is 3.49. The number of carbonyl (C=O) groups is 1. The predicted molar refractivity (Wildman–Crippen MR) is 110 cm³/mol. The SMILES string of the molecule is CC1CN(CC2CCN(C(C)C(=O)Nc3ccc(Cl)cc3)CC2)CC(C)O1. The van der Waals surface area contributed by atoms with Crippen LogP contribution >= 0.6 is 11.6 Å². The largest absolute Gasteiger partial charge is 0.373 e. The molecular weight excluding hydrogens is 362 g/mol. The molecule has 6 heteroatoms. The monoisotopic (exact) mass is 393 g/mol. The van der Waals surface area contributed by atoms with Crippen LogP contribution in [0, 0.1) is 5.92 Å². The van der Waals surface area contributed by atoms with Crippen LogP contribution < -0.4 is 5.32 Å². The Morgan fingerprint density at radius 2 is 1.78 bits per heavy atom. The maximum absolute atomic E-state index is 12.6. The number of benzene rings is 1. The average Bonchev–Trinajstić information content (AvgIpc) is 2.63. The number of carbonyl (C=O) groups excluding carboxylic acids is 1. The van der Waals surface area contributed by atoms with Gasteiger partial charge < -0.3 is 10.1 Å². The molecule has 3 atom stereocenters. The van der Waals surface area contributed by atoms with Crippen molar-refractivity contribution in [1.29, 1.82) is 0 Å². The van der Waals surface area contributed by atoms with E-state index in [-0.39, 0.29) is 11.9 Å². The van der Waals surface area contributed by atoms with Crippen LogP contribution in [0.1, 0.15) is 33.6 Å². The highest BCUT2D eigenvalue weighted by atomic mass is 35.5. The zero-order chi connectivity index (χ0) is 19.4. The molecule has 0 bridgehead atoms. The number of amides is 1. The molecule has 2 fully saturated rings. The minimum absolute atomic E-state index is 0.0478. The summed E-state index contributed by atoms with van der Waals surface area (Å²) in [6.45, 7) is 11.5. The summed E-state index contributed by atoms with van der Waals surface area (Å²) in [6, 6.07) is 7.14. The maximum Gasteiger partial charge on any atom is 0.241 e. The van der Waals surface area contributed by atoms with E-state index in [1.165, 1.54) is 0 Å². The molecule has 3 unspecified atom stereocenters. The Kier molecular flexibility index (Phi) is 7.15. The third-order valence-electron chi connectivity index (χ3n) is 5.70. The van der Waals surface area contributed by atoms with E-state index in [0.29, 0.717) is 23.1 Å². The molecule has 0 radical (unpaired) electrons. The lowest BCUT2D eigenvalue weighted by Gasteiger charge is -2.40. The van der Waals surface area contributed by atoms with Crippen molar-refractivity contribution in [3.05, 3.63) is 29.3 Å². The van der Waals surface area contributed by atoms with Gasteiger partial charge in [0.25, 0.3) is 0 Å². The third-order valence-corrected chi connectivity index (χ3v) is 5.95. The smallest absolute Gasteiger partial charge is 0.241 e. The molecule has 3 rings (SSSR count). The molecule has 0 spiro atoms. The van der Waals surface area contributed by atoms with Gasteiger partial charge in [0.05, 0.1) is 18.2 Å². The molecule has 0 saturated carbocycles. The van der Waals surface area contributed by atoms with Gasteiger partial charge in [0.15, 0.2) is 0 Å². The number of piperidine rings is 1. The van der Waals surface area contributed by atoms with Crippen LogP contribution in [0.25, 0.3) is 0 Å². The Bertz CT molecular complexity index is 606. The molecule has 0 aliphatic carbocycles. The summed E-state index contributed by atoms with van der Waals surface area (Å²) in [7, 11) is 0. The van der Waals surface area contributed by atoms with E-state index in [0.717, 1.165) is 51.3 Å². The average molecular weight is 394 g/mol. The number of nitrogens with zero attached hydrogens (tertiary/aromatic N) is 2. The Hall–Kier alpha value is -1.14. The molecule has 2 aliphatic rings. The van der Waals surface area contributed by atoms with Crippen LogP contribution in [0.15, 0.2) is 24.3 Å². The summed E-state index contributed by atoms with van der Waals surface area (Å²) in [4.78, 5) is 17.4. The van der Waals surface area contributed by atoms with E-state index in [1.807, 2.05) is 19.1 Å². The highest BCUT2D eigenvalue weighted by molar-refractivity contribution is 6.30. The lowest BCUT2D eigenvalue weighted by atomic mass is 9.94. The Labute approximate surface area is 168 Å².